The Labute approximate surface area is 126 Å². The van der Waals surface area contributed by atoms with Crippen LogP contribution in [0.25, 0.3) is 0 Å². The summed E-state index contributed by atoms with van der Waals surface area (Å²) in [5.74, 6) is 0. The monoisotopic (exact) mass is 288 g/mol. The molecule has 0 aliphatic heterocycles. The average molecular weight is 288 g/mol. The Morgan fingerprint density at radius 2 is 2.05 bits per heavy atom. The SMILES string of the molecule is CNCc1ccc(N(Cc2cccs2)C(C)C)cc1C. The van der Waals surface area contributed by atoms with Gasteiger partial charge in [0.15, 0.2) is 0 Å². The Kier molecular flexibility index (Phi) is 5.21. The first-order chi connectivity index (χ1) is 9.61. The third-order valence-corrected chi connectivity index (χ3v) is 4.42. The molecule has 2 nitrogen and oxygen atoms in total. The molecule has 0 atom stereocenters. The van der Waals surface area contributed by atoms with Crippen LogP contribution in [0, 0.1) is 6.92 Å². The normalized spacial score (nSPS) is 11.1. The number of rotatable bonds is 6. The molecule has 1 aromatic heterocycles. The van der Waals surface area contributed by atoms with Gasteiger partial charge >= 0.3 is 0 Å². The molecule has 20 heavy (non-hydrogen) atoms. The van der Waals surface area contributed by atoms with Crippen molar-refractivity contribution >= 4 is 17.0 Å². The van der Waals surface area contributed by atoms with Crippen LogP contribution >= 0.6 is 11.3 Å². The lowest BCUT2D eigenvalue weighted by atomic mass is 10.1. The zero-order chi connectivity index (χ0) is 14.5. The third-order valence-electron chi connectivity index (χ3n) is 3.55. The van der Waals surface area contributed by atoms with Crippen molar-refractivity contribution in [1.82, 2.24) is 5.32 Å². The number of anilines is 1. The maximum Gasteiger partial charge on any atom is 0.0525 e. The Morgan fingerprint density at radius 1 is 1.25 bits per heavy atom. The second-order valence-corrected chi connectivity index (χ2v) is 6.47. The fourth-order valence-corrected chi connectivity index (χ4v) is 3.09. The number of aryl methyl sites for hydroxylation is 1. The van der Waals surface area contributed by atoms with Gasteiger partial charge < -0.3 is 10.2 Å². The van der Waals surface area contributed by atoms with Crippen molar-refractivity contribution in [2.24, 2.45) is 0 Å². The summed E-state index contributed by atoms with van der Waals surface area (Å²) in [6.07, 6.45) is 0. The first-order valence-electron chi connectivity index (χ1n) is 7.15. The van der Waals surface area contributed by atoms with Gasteiger partial charge in [-0.15, -0.1) is 11.3 Å². The summed E-state index contributed by atoms with van der Waals surface area (Å²) in [6.45, 7) is 8.62. The fraction of sp³-hybridized carbons (Fsp3) is 0.412. The molecule has 0 amide bonds. The van der Waals surface area contributed by atoms with Crippen LogP contribution in [0.4, 0.5) is 5.69 Å². The predicted octanol–water partition coefficient (Wildman–Crippen LogP) is 4.19. The van der Waals surface area contributed by atoms with Crippen LogP contribution in [0.1, 0.15) is 29.9 Å². The molecule has 0 unspecified atom stereocenters. The van der Waals surface area contributed by atoms with E-state index in [1.165, 1.54) is 21.7 Å². The minimum atomic E-state index is 0.492. The van der Waals surface area contributed by atoms with Gasteiger partial charge in [0.05, 0.1) is 6.54 Å². The molecule has 0 bridgehead atoms. The topological polar surface area (TPSA) is 15.3 Å². The molecule has 3 heteroatoms. The van der Waals surface area contributed by atoms with Gasteiger partial charge in [0, 0.05) is 23.2 Å². The predicted molar refractivity (Wildman–Crippen MR) is 89.6 cm³/mol. The Balaban J connectivity index is 2.23. The van der Waals surface area contributed by atoms with E-state index in [4.69, 9.17) is 0 Å². The number of hydrogen-bond donors (Lipinski definition) is 1. The number of thiophene rings is 1. The van der Waals surface area contributed by atoms with E-state index in [0.717, 1.165) is 13.1 Å². The highest BCUT2D eigenvalue weighted by Gasteiger charge is 2.12. The molecule has 2 rings (SSSR count). The molecule has 1 heterocycles. The smallest absolute Gasteiger partial charge is 0.0525 e. The molecule has 0 aliphatic carbocycles. The molecular formula is C17H24N2S. The lowest BCUT2D eigenvalue weighted by Gasteiger charge is -2.29. The largest absolute Gasteiger partial charge is 0.364 e. The lowest BCUT2D eigenvalue weighted by Crippen LogP contribution is -2.29. The van der Waals surface area contributed by atoms with Crippen molar-refractivity contribution in [2.75, 3.05) is 11.9 Å². The summed E-state index contributed by atoms with van der Waals surface area (Å²) in [5, 5.41) is 5.37. The van der Waals surface area contributed by atoms with Crippen LogP contribution in [0.2, 0.25) is 0 Å². The third kappa shape index (κ3) is 3.62. The zero-order valence-electron chi connectivity index (χ0n) is 12.8. The molecule has 0 saturated heterocycles. The van der Waals surface area contributed by atoms with E-state index in [1.54, 1.807) is 0 Å². The maximum atomic E-state index is 3.22. The van der Waals surface area contributed by atoms with Crippen molar-refractivity contribution < 1.29 is 0 Å². The van der Waals surface area contributed by atoms with Crippen LogP contribution in [0.5, 0.6) is 0 Å². The van der Waals surface area contributed by atoms with Gasteiger partial charge in [-0.3, -0.25) is 0 Å². The summed E-state index contributed by atoms with van der Waals surface area (Å²) in [5.41, 5.74) is 4.04. The number of benzene rings is 1. The lowest BCUT2D eigenvalue weighted by molar-refractivity contribution is 0.686. The molecule has 108 valence electrons. The summed E-state index contributed by atoms with van der Waals surface area (Å²) in [4.78, 5) is 3.87. The maximum absolute atomic E-state index is 3.22. The van der Waals surface area contributed by atoms with E-state index in [2.05, 4.69) is 66.7 Å². The van der Waals surface area contributed by atoms with Crippen molar-refractivity contribution in [1.29, 1.82) is 0 Å². The molecule has 0 fully saturated rings. The van der Waals surface area contributed by atoms with Crippen LogP contribution in [0.3, 0.4) is 0 Å². The Morgan fingerprint density at radius 3 is 2.60 bits per heavy atom. The number of hydrogen-bond acceptors (Lipinski definition) is 3. The van der Waals surface area contributed by atoms with Gasteiger partial charge in [-0.2, -0.15) is 0 Å². The van der Waals surface area contributed by atoms with E-state index < -0.39 is 0 Å². The second kappa shape index (κ2) is 6.91. The standard InChI is InChI=1S/C17H24N2S/c1-13(2)19(12-17-6-5-9-20-17)16-8-7-15(11-18-4)14(3)10-16/h5-10,13,18H,11-12H2,1-4H3. The van der Waals surface area contributed by atoms with E-state index in [9.17, 15) is 0 Å². The van der Waals surface area contributed by atoms with Gasteiger partial charge in [-0.05, 0) is 62.5 Å². The minimum absolute atomic E-state index is 0.492. The van der Waals surface area contributed by atoms with Gasteiger partial charge in [-0.1, -0.05) is 12.1 Å². The highest BCUT2D eigenvalue weighted by Crippen LogP contribution is 2.24. The van der Waals surface area contributed by atoms with Gasteiger partial charge in [0.1, 0.15) is 0 Å². The fourth-order valence-electron chi connectivity index (χ4n) is 2.39. The van der Waals surface area contributed by atoms with E-state index in [0.29, 0.717) is 6.04 Å². The van der Waals surface area contributed by atoms with E-state index in [1.807, 2.05) is 18.4 Å². The number of nitrogens with zero attached hydrogens (tertiary/aromatic N) is 1. The van der Waals surface area contributed by atoms with E-state index >= 15 is 0 Å². The second-order valence-electron chi connectivity index (χ2n) is 5.44. The number of nitrogens with one attached hydrogen (secondary N) is 1. The van der Waals surface area contributed by atoms with Crippen LogP contribution in [-0.2, 0) is 13.1 Å². The summed E-state index contributed by atoms with van der Waals surface area (Å²) < 4.78 is 0. The minimum Gasteiger partial charge on any atom is -0.364 e. The molecule has 0 spiro atoms. The van der Waals surface area contributed by atoms with Gasteiger partial charge in [0.2, 0.25) is 0 Å². The van der Waals surface area contributed by atoms with Gasteiger partial charge in [-0.25, -0.2) is 0 Å². The van der Waals surface area contributed by atoms with Crippen LogP contribution < -0.4 is 10.2 Å². The molecule has 1 N–H and O–H groups in total. The molecular weight excluding hydrogens is 264 g/mol. The molecule has 0 aliphatic rings. The molecule has 0 radical (unpaired) electrons. The van der Waals surface area contributed by atoms with Crippen molar-refractivity contribution in [3.05, 3.63) is 51.7 Å². The molecule has 1 aromatic carbocycles. The Bertz CT molecular complexity index is 532. The van der Waals surface area contributed by atoms with Crippen molar-refractivity contribution in [2.45, 2.75) is 39.9 Å². The van der Waals surface area contributed by atoms with Crippen LogP contribution in [0.15, 0.2) is 35.7 Å². The molecule has 0 saturated carbocycles. The highest BCUT2D eigenvalue weighted by atomic mass is 32.1. The Hall–Kier alpha value is -1.32. The first kappa shape index (κ1) is 15.1. The van der Waals surface area contributed by atoms with Gasteiger partial charge in [0.25, 0.3) is 0 Å². The van der Waals surface area contributed by atoms with Crippen LogP contribution in [-0.4, -0.2) is 13.1 Å². The summed E-state index contributed by atoms with van der Waals surface area (Å²) in [7, 11) is 1.99. The average Bonchev–Trinajstić information content (AvgIpc) is 2.91. The van der Waals surface area contributed by atoms with E-state index in [-0.39, 0.29) is 0 Å². The highest BCUT2D eigenvalue weighted by molar-refractivity contribution is 7.09. The summed E-state index contributed by atoms with van der Waals surface area (Å²) >= 11 is 1.83. The quantitative estimate of drug-likeness (QED) is 0.857. The molecule has 2 aromatic rings. The van der Waals surface area contributed by atoms with Crippen molar-refractivity contribution in [3.8, 4) is 0 Å². The summed E-state index contributed by atoms with van der Waals surface area (Å²) in [6, 6.07) is 11.6. The first-order valence-corrected chi connectivity index (χ1v) is 8.03. The zero-order valence-corrected chi connectivity index (χ0v) is 13.6. The van der Waals surface area contributed by atoms with Crippen molar-refractivity contribution in [3.63, 3.8) is 0 Å².